The molecule has 1 aliphatic heterocycles. The van der Waals surface area contributed by atoms with Crippen molar-refractivity contribution in [2.75, 3.05) is 38.6 Å². The van der Waals surface area contributed by atoms with Crippen LogP contribution in [0.5, 0.6) is 5.75 Å². The van der Waals surface area contributed by atoms with Crippen LogP contribution in [0.15, 0.2) is 53.5 Å². The van der Waals surface area contributed by atoms with E-state index in [1.54, 1.807) is 7.05 Å². The number of hydrogen-bond donors (Lipinski definition) is 3. The number of carbonyl (C=O) groups excluding carboxylic acids is 1. The highest BCUT2D eigenvalue weighted by atomic mass is 16.5. The normalized spacial score (nSPS) is 14.6. The van der Waals surface area contributed by atoms with Crippen LogP contribution in [0.3, 0.4) is 0 Å². The molecule has 3 rings (SSSR count). The summed E-state index contributed by atoms with van der Waals surface area (Å²) in [5.41, 5.74) is 3.32. The molecular weight excluding hydrogens is 402 g/mol. The van der Waals surface area contributed by atoms with E-state index in [0.29, 0.717) is 25.4 Å². The van der Waals surface area contributed by atoms with E-state index in [1.807, 2.05) is 24.3 Å². The fourth-order valence-corrected chi connectivity index (χ4v) is 3.75. The van der Waals surface area contributed by atoms with Gasteiger partial charge in [0.15, 0.2) is 5.96 Å². The third-order valence-electron chi connectivity index (χ3n) is 5.38. The summed E-state index contributed by atoms with van der Waals surface area (Å²) in [5.74, 6) is 1.35. The summed E-state index contributed by atoms with van der Waals surface area (Å²) in [7, 11) is 1.76. The number of rotatable bonds is 9. The van der Waals surface area contributed by atoms with Gasteiger partial charge >= 0.3 is 0 Å². The molecule has 0 aliphatic carbocycles. The molecule has 0 radical (unpaired) electrons. The number of likely N-dealkylation sites (tertiary alicyclic amines) is 1. The fourth-order valence-electron chi connectivity index (χ4n) is 3.75. The van der Waals surface area contributed by atoms with Crippen LogP contribution in [-0.2, 0) is 17.9 Å². The number of piperidine rings is 1. The molecule has 1 heterocycles. The Bertz CT molecular complexity index is 876. The Kier molecular flexibility index (Phi) is 9.37. The molecule has 2 aromatic carbocycles. The maximum absolute atomic E-state index is 11.2. The van der Waals surface area contributed by atoms with Gasteiger partial charge in [0.25, 0.3) is 0 Å². The summed E-state index contributed by atoms with van der Waals surface area (Å²) < 4.78 is 5.76. The van der Waals surface area contributed by atoms with E-state index in [9.17, 15) is 4.79 Å². The van der Waals surface area contributed by atoms with Gasteiger partial charge in [0.1, 0.15) is 12.4 Å². The highest BCUT2D eigenvalue weighted by Crippen LogP contribution is 2.17. The molecule has 3 N–H and O–H groups in total. The molecule has 172 valence electrons. The van der Waals surface area contributed by atoms with Crippen molar-refractivity contribution < 1.29 is 9.53 Å². The zero-order chi connectivity index (χ0) is 22.6. The number of amides is 1. The van der Waals surface area contributed by atoms with E-state index in [1.165, 1.54) is 50.4 Å². The van der Waals surface area contributed by atoms with Crippen LogP contribution >= 0.6 is 0 Å². The monoisotopic (exact) mass is 437 g/mol. The number of nitrogens with one attached hydrogen (secondary N) is 3. The van der Waals surface area contributed by atoms with E-state index in [2.05, 4.69) is 50.1 Å². The first-order valence-corrected chi connectivity index (χ1v) is 11.4. The quantitative estimate of drug-likeness (QED) is 0.319. The lowest BCUT2D eigenvalue weighted by Gasteiger charge is -2.26. The van der Waals surface area contributed by atoms with Crippen LogP contribution in [0.2, 0.25) is 0 Å². The summed E-state index contributed by atoms with van der Waals surface area (Å²) in [6.45, 7) is 6.77. The SMILES string of the molecule is CN=C(NCCOc1cccc(NC(C)=O)c1)NCc1ccc(CN2CCCCC2)cc1. The lowest BCUT2D eigenvalue weighted by atomic mass is 10.1. The Morgan fingerprint density at radius 3 is 2.50 bits per heavy atom. The minimum Gasteiger partial charge on any atom is -0.492 e. The van der Waals surface area contributed by atoms with E-state index in [0.717, 1.165) is 18.2 Å². The first-order chi connectivity index (χ1) is 15.6. The molecule has 1 fully saturated rings. The Labute approximate surface area is 191 Å². The van der Waals surface area contributed by atoms with Crippen molar-refractivity contribution in [3.05, 3.63) is 59.7 Å². The van der Waals surface area contributed by atoms with E-state index in [4.69, 9.17) is 4.74 Å². The molecular formula is C25H35N5O2. The first kappa shape index (κ1) is 23.6. The van der Waals surface area contributed by atoms with E-state index >= 15 is 0 Å². The fraction of sp³-hybridized carbons (Fsp3) is 0.440. The van der Waals surface area contributed by atoms with Crippen LogP contribution in [0.4, 0.5) is 5.69 Å². The van der Waals surface area contributed by atoms with E-state index in [-0.39, 0.29) is 5.91 Å². The van der Waals surface area contributed by atoms with Gasteiger partial charge in [-0.2, -0.15) is 0 Å². The number of anilines is 1. The number of carbonyl (C=O) groups is 1. The van der Waals surface area contributed by atoms with Gasteiger partial charge < -0.3 is 20.7 Å². The van der Waals surface area contributed by atoms with Gasteiger partial charge in [-0.3, -0.25) is 14.7 Å². The second kappa shape index (κ2) is 12.7. The molecule has 7 nitrogen and oxygen atoms in total. The van der Waals surface area contributed by atoms with Gasteiger partial charge in [0, 0.05) is 38.8 Å². The van der Waals surface area contributed by atoms with Gasteiger partial charge in [-0.1, -0.05) is 36.8 Å². The maximum atomic E-state index is 11.2. The highest BCUT2D eigenvalue weighted by molar-refractivity contribution is 5.88. The molecule has 2 aromatic rings. The zero-order valence-electron chi connectivity index (χ0n) is 19.2. The molecule has 32 heavy (non-hydrogen) atoms. The molecule has 1 aliphatic rings. The average molecular weight is 438 g/mol. The van der Waals surface area contributed by atoms with Crippen molar-refractivity contribution in [1.29, 1.82) is 0 Å². The second-order valence-corrected chi connectivity index (χ2v) is 8.06. The molecule has 1 saturated heterocycles. The first-order valence-electron chi connectivity index (χ1n) is 11.4. The molecule has 0 atom stereocenters. The summed E-state index contributed by atoms with van der Waals surface area (Å²) in [6, 6.07) is 16.2. The molecule has 0 aromatic heterocycles. The van der Waals surface area contributed by atoms with Gasteiger partial charge in [-0.15, -0.1) is 0 Å². The summed E-state index contributed by atoms with van der Waals surface area (Å²) in [4.78, 5) is 18.0. The van der Waals surface area contributed by atoms with Crippen molar-refractivity contribution in [2.45, 2.75) is 39.3 Å². The minimum absolute atomic E-state index is 0.102. The lowest BCUT2D eigenvalue weighted by molar-refractivity contribution is -0.114. The number of ether oxygens (including phenoxy) is 1. The third-order valence-corrected chi connectivity index (χ3v) is 5.38. The van der Waals surface area contributed by atoms with Crippen molar-refractivity contribution in [3.8, 4) is 5.75 Å². The van der Waals surface area contributed by atoms with Gasteiger partial charge in [0.2, 0.25) is 5.91 Å². The van der Waals surface area contributed by atoms with Crippen LogP contribution in [0, 0.1) is 0 Å². The van der Waals surface area contributed by atoms with Crippen LogP contribution in [0.1, 0.15) is 37.3 Å². The molecule has 1 amide bonds. The number of guanidine groups is 1. The number of hydrogen-bond acceptors (Lipinski definition) is 4. The predicted octanol–water partition coefficient (Wildman–Crippen LogP) is 3.37. The second-order valence-electron chi connectivity index (χ2n) is 8.06. The standard InChI is InChI=1S/C25H35N5O2/c1-20(31)29-23-7-6-8-24(17-23)32-16-13-27-25(26-2)28-18-21-9-11-22(12-10-21)19-30-14-4-3-5-15-30/h6-12,17H,3-5,13-16,18-19H2,1-2H3,(H,29,31)(H2,26,27,28). The van der Waals surface area contributed by atoms with E-state index < -0.39 is 0 Å². The molecule has 7 heteroatoms. The van der Waals surface area contributed by atoms with Crippen molar-refractivity contribution in [3.63, 3.8) is 0 Å². The van der Waals surface area contributed by atoms with Gasteiger partial charge in [-0.05, 0) is 49.2 Å². The maximum Gasteiger partial charge on any atom is 0.221 e. The third kappa shape index (κ3) is 8.23. The molecule has 0 unspecified atom stereocenters. The van der Waals surface area contributed by atoms with Crippen LogP contribution in [-0.4, -0.2) is 50.1 Å². The van der Waals surface area contributed by atoms with Crippen LogP contribution < -0.4 is 20.7 Å². The number of benzene rings is 2. The summed E-state index contributed by atoms with van der Waals surface area (Å²) in [5, 5.41) is 9.35. The van der Waals surface area contributed by atoms with Gasteiger partial charge in [0.05, 0.1) is 6.54 Å². The molecule has 0 bridgehead atoms. The molecule has 0 saturated carbocycles. The Morgan fingerprint density at radius 2 is 1.78 bits per heavy atom. The Balaban J connectivity index is 1.36. The van der Waals surface area contributed by atoms with Crippen molar-refractivity contribution in [2.24, 2.45) is 4.99 Å². The largest absolute Gasteiger partial charge is 0.492 e. The Morgan fingerprint density at radius 1 is 1.03 bits per heavy atom. The van der Waals surface area contributed by atoms with Crippen molar-refractivity contribution in [1.82, 2.24) is 15.5 Å². The predicted molar refractivity (Wildman–Crippen MR) is 130 cm³/mol. The summed E-state index contributed by atoms with van der Waals surface area (Å²) >= 11 is 0. The topological polar surface area (TPSA) is 78.0 Å². The molecule has 0 spiro atoms. The summed E-state index contributed by atoms with van der Waals surface area (Å²) in [6.07, 6.45) is 4.01. The smallest absolute Gasteiger partial charge is 0.221 e. The number of nitrogens with zero attached hydrogens (tertiary/aromatic N) is 2. The zero-order valence-corrected chi connectivity index (χ0v) is 19.2. The Hall–Kier alpha value is -3.06. The minimum atomic E-state index is -0.102. The van der Waals surface area contributed by atoms with Gasteiger partial charge in [-0.25, -0.2) is 0 Å². The van der Waals surface area contributed by atoms with Crippen LogP contribution in [0.25, 0.3) is 0 Å². The number of aliphatic imine (C=N–C) groups is 1. The van der Waals surface area contributed by atoms with Crippen molar-refractivity contribution >= 4 is 17.6 Å². The highest BCUT2D eigenvalue weighted by Gasteiger charge is 2.10. The lowest BCUT2D eigenvalue weighted by Crippen LogP contribution is -2.38. The average Bonchev–Trinajstić information content (AvgIpc) is 2.80.